The Bertz CT molecular complexity index is 223. The third kappa shape index (κ3) is 3.15. The van der Waals surface area contributed by atoms with E-state index in [1.165, 1.54) is 0 Å². The second kappa shape index (κ2) is 5.44. The van der Waals surface area contributed by atoms with Gasteiger partial charge in [-0.1, -0.05) is 0 Å². The molecular weight excluding hydrogens is 194 g/mol. The second-order valence-electron chi connectivity index (χ2n) is 4.35. The minimum absolute atomic E-state index is 0.275. The van der Waals surface area contributed by atoms with Gasteiger partial charge in [0.2, 0.25) is 0 Å². The summed E-state index contributed by atoms with van der Waals surface area (Å²) >= 11 is 0. The zero-order valence-corrected chi connectivity index (χ0v) is 9.44. The van der Waals surface area contributed by atoms with Crippen molar-refractivity contribution in [3.8, 4) is 0 Å². The van der Waals surface area contributed by atoms with Crippen LogP contribution in [0.3, 0.4) is 0 Å². The standard InChI is InChI=1S/C10H21N3O2/c1-12-9(10(14)15)8(11)7-4-3-5-13(2)6-7/h7-9,12H,3-6,11H2,1-2H3,(H,14,15). The van der Waals surface area contributed by atoms with E-state index < -0.39 is 12.0 Å². The number of piperidine rings is 1. The quantitative estimate of drug-likeness (QED) is 0.579. The van der Waals surface area contributed by atoms with Gasteiger partial charge in [-0.3, -0.25) is 4.79 Å². The molecule has 1 saturated heterocycles. The van der Waals surface area contributed by atoms with E-state index in [2.05, 4.69) is 10.2 Å². The first kappa shape index (κ1) is 12.4. The molecule has 1 fully saturated rings. The Morgan fingerprint density at radius 2 is 2.33 bits per heavy atom. The normalized spacial score (nSPS) is 27.3. The van der Waals surface area contributed by atoms with Crippen LogP contribution >= 0.6 is 0 Å². The van der Waals surface area contributed by atoms with E-state index in [4.69, 9.17) is 10.8 Å². The highest BCUT2D eigenvalue weighted by molar-refractivity contribution is 5.74. The topological polar surface area (TPSA) is 78.6 Å². The monoisotopic (exact) mass is 215 g/mol. The first-order chi connectivity index (χ1) is 7.06. The van der Waals surface area contributed by atoms with E-state index in [1.54, 1.807) is 7.05 Å². The van der Waals surface area contributed by atoms with Crippen molar-refractivity contribution in [1.29, 1.82) is 0 Å². The van der Waals surface area contributed by atoms with Crippen molar-refractivity contribution in [3.63, 3.8) is 0 Å². The molecule has 1 aliphatic heterocycles. The van der Waals surface area contributed by atoms with Crippen LogP contribution in [0.2, 0.25) is 0 Å². The summed E-state index contributed by atoms with van der Waals surface area (Å²) in [5.41, 5.74) is 6.00. The lowest BCUT2D eigenvalue weighted by Crippen LogP contribution is -2.55. The Kier molecular flexibility index (Phi) is 4.50. The van der Waals surface area contributed by atoms with Crippen LogP contribution in [-0.4, -0.2) is 55.2 Å². The predicted molar refractivity (Wildman–Crippen MR) is 58.7 cm³/mol. The molecular formula is C10H21N3O2. The number of rotatable bonds is 4. The summed E-state index contributed by atoms with van der Waals surface area (Å²) in [7, 11) is 3.69. The van der Waals surface area contributed by atoms with Crippen molar-refractivity contribution in [2.75, 3.05) is 27.2 Å². The van der Waals surface area contributed by atoms with Crippen molar-refractivity contribution in [3.05, 3.63) is 0 Å². The first-order valence-corrected chi connectivity index (χ1v) is 5.40. The molecule has 0 spiro atoms. The fourth-order valence-corrected chi connectivity index (χ4v) is 2.27. The maximum Gasteiger partial charge on any atom is 0.322 e. The second-order valence-corrected chi connectivity index (χ2v) is 4.35. The van der Waals surface area contributed by atoms with Gasteiger partial charge in [-0.15, -0.1) is 0 Å². The Balaban J connectivity index is 2.57. The van der Waals surface area contributed by atoms with Crippen LogP contribution in [0.15, 0.2) is 0 Å². The molecule has 0 aromatic heterocycles. The van der Waals surface area contributed by atoms with E-state index in [0.717, 1.165) is 25.9 Å². The van der Waals surface area contributed by atoms with Crippen LogP contribution in [0.4, 0.5) is 0 Å². The molecule has 0 amide bonds. The summed E-state index contributed by atoms with van der Waals surface area (Å²) in [6, 6.07) is -0.947. The summed E-state index contributed by atoms with van der Waals surface area (Å²) in [4.78, 5) is 13.2. The lowest BCUT2D eigenvalue weighted by atomic mass is 9.87. The molecule has 5 nitrogen and oxygen atoms in total. The first-order valence-electron chi connectivity index (χ1n) is 5.40. The molecule has 0 bridgehead atoms. The maximum absolute atomic E-state index is 10.9. The van der Waals surface area contributed by atoms with Gasteiger partial charge in [-0.2, -0.15) is 0 Å². The SMILES string of the molecule is CNC(C(=O)O)C(N)C1CCCN(C)C1. The number of nitrogens with one attached hydrogen (secondary N) is 1. The molecule has 0 aromatic carbocycles. The van der Waals surface area contributed by atoms with Crippen LogP contribution in [-0.2, 0) is 4.79 Å². The summed E-state index contributed by atoms with van der Waals surface area (Å²) < 4.78 is 0. The van der Waals surface area contributed by atoms with Crippen molar-refractivity contribution in [2.24, 2.45) is 11.7 Å². The zero-order valence-electron chi connectivity index (χ0n) is 9.44. The highest BCUT2D eigenvalue weighted by Crippen LogP contribution is 2.19. The summed E-state index contributed by atoms with van der Waals surface area (Å²) in [6.07, 6.45) is 2.13. The Morgan fingerprint density at radius 1 is 1.67 bits per heavy atom. The number of aliphatic carboxylic acids is 1. The molecule has 1 rings (SSSR count). The van der Waals surface area contributed by atoms with Crippen LogP contribution in [0, 0.1) is 5.92 Å². The number of hydrogen-bond acceptors (Lipinski definition) is 4. The number of carboxylic acids is 1. The molecule has 1 aliphatic rings. The van der Waals surface area contributed by atoms with E-state index in [9.17, 15) is 4.79 Å². The van der Waals surface area contributed by atoms with Crippen LogP contribution < -0.4 is 11.1 Å². The van der Waals surface area contributed by atoms with Crippen molar-refractivity contribution >= 4 is 5.97 Å². The van der Waals surface area contributed by atoms with Gasteiger partial charge >= 0.3 is 5.97 Å². The molecule has 0 aromatic rings. The number of carboxylic acid groups (broad SMARTS) is 1. The third-order valence-electron chi connectivity index (χ3n) is 3.17. The number of carbonyl (C=O) groups is 1. The summed E-state index contributed by atoms with van der Waals surface area (Å²) in [5, 5.41) is 11.8. The Hall–Kier alpha value is -0.650. The smallest absolute Gasteiger partial charge is 0.322 e. The molecule has 4 N–H and O–H groups in total. The number of nitrogens with zero attached hydrogens (tertiary/aromatic N) is 1. The van der Waals surface area contributed by atoms with Crippen molar-refractivity contribution < 1.29 is 9.90 Å². The van der Waals surface area contributed by atoms with Gasteiger partial charge in [-0.25, -0.2) is 0 Å². The number of likely N-dealkylation sites (tertiary alicyclic amines) is 1. The van der Waals surface area contributed by atoms with Gasteiger partial charge in [0, 0.05) is 12.6 Å². The number of likely N-dealkylation sites (N-methyl/N-ethyl adjacent to an activating group) is 1. The Morgan fingerprint density at radius 3 is 2.80 bits per heavy atom. The molecule has 3 atom stereocenters. The molecule has 1 heterocycles. The van der Waals surface area contributed by atoms with E-state index >= 15 is 0 Å². The number of hydrogen-bond donors (Lipinski definition) is 3. The third-order valence-corrected chi connectivity index (χ3v) is 3.17. The minimum atomic E-state index is -0.863. The number of nitrogens with two attached hydrogens (primary N) is 1. The maximum atomic E-state index is 10.9. The van der Waals surface area contributed by atoms with Crippen LogP contribution in [0.25, 0.3) is 0 Å². The van der Waals surface area contributed by atoms with Crippen molar-refractivity contribution in [1.82, 2.24) is 10.2 Å². The van der Waals surface area contributed by atoms with E-state index in [0.29, 0.717) is 0 Å². The van der Waals surface area contributed by atoms with Gasteiger partial charge in [0.1, 0.15) is 6.04 Å². The fourth-order valence-electron chi connectivity index (χ4n) is 2.27. The zero-order chi connectivity index (χ0) is 11.4. The molecule has 15 heavy (non-hydrogen) atoms. The molecule has 3 unspecified atom stereocenters. The van der Waals surface area contributed by atoms with Crippen molar-refractivity contribution in [2.45, 2.75) is 24.9 Å². The largest absolute Gasteiger partial charge is 0.480 e. The van der Waals surface area contributed by atoms with Crippen LogP contribution in [0.1, 0.15) is 12.8 Å². The minimum Gasteiger partial charge on any atom is -0.480 e. The van der Waals surface area contributed by atoms with Gasteiger partial charge < -0.3 is 21.1 Å². The lowest BCUT2D eigenvalue weighted by Gasteiger charge is -2.35. The van der Waals surface area contributed by atoms with Gasteiger partial charge in [-0.05, 0) is 39.4 Å². The Labute approximate surface area is 90.6 Å². The average molecular weight is 215 g/mol. The van der Waals surface area contributed by atoms with Crippen LogP contribution in [0.5, 0.6) is 0 Å². The van der Waals surface area contributed by atoms with E-state index in [1.807, 2.05) is 7.05 Å². The molecule has 88 valence electrons. The molecule has 0 radical (unpaired) electrons. The van der Waals surface area contributed by atoms with Gasteiger partial charge in [0.15, 0.2) is 0 Å². The molecule has 5 heteroatoms. The average Bonchev–Trinajstić information content (AvgIpc) is 2.18. The fraction of sp³-hybridized carbons (Fsp3) is 0.900. The predicted octanol–water partition coefficient (Wildman–Crippen LogP) is -0.672. The van der Waals surface area contributed by atoms with Gasteiger partial charge in [0.05, 0.1) is 0 Å². The summed E-state index contributed by atoms with van der Waals surface area (Å²) in [6.45, 7) is 1.98. The molecule has 0 aliphatic carbocycles. The van der Waals surface area contributed by atoms with E-state index in [-0.39, 0.29) is 12.0 Å². The van der Waals surface area contributed by atoms with Gasteiger partial charge in [0.25, 0.3) is 0 Å². The molecule has 0 saturated carbocycles. The lowest BCUT2D eigenvalue weighted by molar-refractivity contribution is -0.140. The highest BCUT2D eigenvalue weighted by Gasteiger charge is 2.32. The highest BCUT2D eigenvalue weighted by atomic mass is 16.4. The summed E-state index contributed by atoms with van der Waals surface area (Å²) in [5.74, 6) is -0.587.